The van der Waals surface area contributed by atoms with Gasteiger partial charge in [0.05, 0.1) is 11.8 Å². The lowest BCUT2D eigenvalue weighted by Gasteiger charge is -2.06. The van der Waals surface area contributed by atoms with Crippen molar-refractivity contribution >= 4 is 41.0 Å². The fourth-order valence-corrected chi connectivity index (χ4v) is 3.31. The van der Waals surface area contributed by atoms with Crippen LogP contribution in [0.5, 0.6) is 11.5 Å². The number of ether oxygens (including phenoxy) is 2. The average Bonchev–Trinajstić information content (AvgIpc) is 3.26. The first-order valence-corrected chi connectivity index (χ1v) is 8.97. The van der Waals surface area contributed by atoms with Gasteiger partial charge in [0.25, 0.3) is 0 Å². The predicted octanol–water partition coefficient (Wildman–Crippen LogP) is 5.73. The second-order valence-electron chi connectivity index (χ2n) is 6.09. The van der Waals surface area contributed by atoms with Gasteiger partial charge in [0.1, 0.15) is 11.5 Å². The first-order valence-electron chi connectivity index (χ1n) is 8.22. The van der Waals surface area contributed by atoms with E-state index < -0.39 is 5.97 Å². The number of ketones is 1. The van der Waals surface area contributed by atoms with Gasteiger partial charge in [-0.15, -0.1) is 0 Å². The van der Waals surface area contributed by atoms with Crippen molar-refractivity contribution in [1.29, 1.82) is 0 Å². The zero-order valence-electron chi connectivity index (χ0n) is 14.5. The molecule has 2 aromatic carbocycles. The van der Waals surface area contributed by atoms with Crippen LogP contribution in [-0.4, -0.2) is 11.8 Å². The number of carbonyl (C=O) groups is 2. The molecule has 1 aliphatic heterocycles. The van der Waals surface area contributed by atoms with Gasteiger partial charge in [-0.3, -0.25) is 4.79 Å². The first-order chi connectivity index (χ1) is 13.4. The van der Waals surface area contributed by atoms with E-state index in [9.17, 15) is 9.59 Å². The zero-order valence-corrected chi connectivity index (χ0v) is 16.0. The summed E-state index contributed by atoms with van der Waals surface area (Å²) in [5.74, 6) is -0.162. The minimum absolute atomic E-state index is 0.0770. The summed E-state index contributed by atoms with van der Waals surface area (Å²) in [5, 5.41) is 0.894. The van der Waals surface area contributed by atoms with Gasteiger partial charge in [0, 0.05) is 16.1 Å². The normalized spacial score (nSPS) is 14.1. The minimum Gasteiger partial charge on any atom is -0.457 e. The third kappa shape index (κ3) is 3.42. The largest absolute Gasteiger partial charge is 0.457 e. The van der Waals surface area contributed by atoms with Crippen molar-refractivity contribution < 1.29 is 23.5 Å². The molecule has 4 rings (SSSR count). The summed E-state index contributed by atoms with van der Waals surface area (Å²) in [6.45, 7) is 1.74. The lowest BCUT2D eigenvalue weighted by Crippen LogP contribution is -2.07. The molecule has 0 fully saturated rings. The Morgan fingerprint density at radius 2 is 1.96 bits per heavy atom. The third-order valence-electron chi connectivity index (χ3n) is 4.13. The number of benzene rings is 2. The molecule has 1 aromatic heterocycles. The molecular weight excluding hydrogens is 403 g/mol. The molecule has 0 saturated carbocycles. The Morgan fingerprint density at radius 1 is 1.14 bits per heavy atom. The monoisotopic (exact) mass is 414 g/mol. The average molecular weight is 415 g/mol. The van der Waals surface area contributed by atoms with E-state index in [1.165, 1.54) is 18.4 Å². The smallest absolute Gasteiger partial charge is 0.379 e. The number of esters is 1. The molecule has 0 spiro atoms. The lowest BCUT2D eigenvalue weighted by atomic mass is 10.0. The Balaban J connectivity index is 1.64. The van der Waals surface area contributed by atoms with Gasteiger partial charge in [-0.1, -0.05) is 29.3 Å². The number of Topliss-reactive ketones (excluding diaryl/α,β-unsaturated/α-hetero) is 1. The number of halogens is 2. The minimum atomic E-state index is -0.641. The Hall–Kier alpha value is -3.02. The summed E-state index contributed by atoms with van der Waals surface area (Å²) in [4.78, 5) is 24.8. The molecule has 0 unspecified atom stereocenters. The van der Waals surface area contributed by atoms with Gasteiger partial charge >= 0.3 is 5.97 Å². The summed E-state index contributed by atoms with van der Waals surface area (Å²) in [6.07, 6.45) is 2.93. The van der Waals surface area contributed by atoms with Gasteiger partial charge in [-0.2, -0.15) is 0 Å². The summed E-state index contributed by atoms with van der Waals surface area (Å²) >= 11 is 12.1. The van der Waals surface area contributed by atoms with Crippen molar-refractivity contribution in [1.82, 2.24) is 0 Å². The topological polar surface area (TPSA) is 65.7 Å². The van der Waals surface area contributed by atoms with Crippen molar-refractivity contribution in [2.24, 2.45) is 0 Å². The van der Waals surface area contributed by atoms with Gasteiger partial charge in [-0.25, -0.2) is 4.79 Å². The Bertz CT molecular complexity index is 1130. The van der Waals surface area contributed by atoms with E-state index in [0.717, 1.165) is 0 Å². The molecule has 0 N–H and O–H groups in total. The van der Waals surface area contributed by atoms with Crippen molar-refractivity contribution in [3.8, 4) is 11.5 Å². The van der Waals surface area contributed by atoms with Crippen molar-refractivity contribution in [2.45, 2.75) is 6.92 Å². The molecule has 1 aliphatic rings. The molecule has 7 heteroatoms. The van der Waals surface area contributed by atoms with Crippen LogP contribution in [0.2, 0.25) is 10.0 Å². The van der Waals surface area contributed by atoms with Crippen LogP contribution >= 0.6 is 23.2 Å². The van der Waals surface area contributed by atoms with Crippen LogP contribution in [0.4, 0.5) is 0 Å². The lowest BCUT2D eigenvalue weighted by molar-refractivity contribution is 0.0701. The summed E-state index contributed by atoms with van der Waals surface area (Å²) in [7, 11) is 0. The molecule has 140 valence electrons. The van der Waals surface area contributed by atoms with Gasteiger partial charge in [-0.05, 0) is 54.5 Å². The third-order valence-corrected chi connectivity index (χ3v) is 4.69. The van der Waals surface area contributed by atoms with Crippen LogP contribution in [0.1, 0.15) is 32.0 Å². The Morgan fingerprint density at radius 3 is 2.68 bits per heavy atom. The van der Waals surface area contributed by atoms with E-state index in [1.54, 1.807) is 43.3 Å². The number of hydrogen-bond donors (Lipinski definition) is 0. The number of carbonyl (C=O) groups excluding carboxylic acids is 2. The van der Waals surface area contributed by atoms with Crippen LogP contribution in [0.3, 0.4) is 0 Å². The molecule has 0 bridgehead atoms. The van der Waals surface area contributed by atoms with Crippen molar-refractivity contribution in [3.63, 3.8) is 0 Å². The van der Waals surface area contributed by atoms with Crippen LogP contribution in [0.15, 0.2) is 58.9 Å². The summed E-state index contributed by atoms with van der Waals surface area (Å²) in [5.41, 5.74) is 1.63. The van der Waals surface area contributed by atoms with Gasteiger partial charge in [0.15, 0.2) is 5.76 Å². The Kier molecular flexibility index (Phi) is 4.71. The quantitative estimate of drug-likeness (QED) is 0.311. The molecule has 2 heterocycles. The van der Waals surface area contributed by atoms with E-state index in [-0.39, 0.29) is 23.1 Å². The molecule has 0 amide bonds. The summed E-state index contributed by atoms with van der Waals surface area (Å²) in [6, 6.07) is 11.1. The predicted molar refractivity (Wildman–Crippen MR) is 104 cm³/mol. The fraction of sp³-hybridized carbons (Fsp3) is 0.0476. The highest BCUT2D eigenvalue weighted by molar-refractivity contribution is 6.35. The van der Waals surface area contributed by atoms with E-state index in [0.29, 0.717) is 32.5 Å². The van der Waals surface area contributed by atoms with Crippen molar-refractivity contribution in [2.75, 3.05) is 0 Å². The molecular formula is C21H12Cl2O5. The number of rotatable bonds is 3. The highest BCUT2D eigenvalue weighted by Crippen LogP contribution is 2.38. The highest BCUT2D eigenvalue weighted by atomic mass is 35.5. The maximum absolute atomic E-state index is 12.7. The van der Waals surface area contributed by atoms with Crippen LogP contribution in [0.25, 0.3) is 6.08 Å². The standard InChI is InChI=1S/C21H12Cl2O5/c1-11-7-14(27-21(25)16-3-2-6-26-16)10-17-19(11)20(24)18(28-17)8-12-4-5-13(22)9-15(12)23/h2-10H,1H3/b18-8-. The van der Waals surface area contributed by atoms with E-state index in [1.807, 2.05) is 0 Å². The maximum Gasteiger partial charge on any atom is 0.379 e. The fourth-order valence-electron chi connectivity index (χ4n) is 2.85. The second kappa shape index (κ2) is 7.19. The van der Waals surface area contributed by atoms with Crippen LogP contribution < -0.4 is 9.47 Å². The molecule has 0 atom stereocenters. The molecule has 0 aliphatic carbocycles. The Labute approximate surface area is 170 Å². The number of hydrogen-bond acceptors (Lipinski definition) is 5. The molecule has 0 saturated heterocycles. The van der Waals surface area contributed by atoms with Crippen LogP contribution in [-0.2, 0) is 0 Å². The second-order valence-corrected chi connectivity index (χ2v) is 6.93. The number of furan rings is 1. The van der Waals surface area contributed by atoms with E-state index in [2.05, 4.69) is 0 Å². The van der Waals surface area contributed by atoms with E-state index >= 15 is 0 Å². The highest BCUT2D eigenvalue weighted by Gasteiger charge is 2.30. The molecule has 0 radical (unpaired) electrons. The van der Waals surface area contributed by atoms with Crippen LogP contribution in [0, 0.1) is 6.92 Å². The molecule has 5 nitrogen and oxygen atoms in total. The maximum atomic E-state index is 12.7. The number of allylic oxidation sites excluding steroid dienone is 1. The zero-order chi connectivity index (χ0) is 19.8. The van der Waals surface area contributed by atoms with Gasteiger partial charge in [0.2, 0.25) is 11.5 Å². The number of aryl methyl sites for hydroxylation is 1. The van der Waals surface area contributed by atoms with E-state index in [4.69, 9.17) is 37.1 Å². The SMILES string of the molecule is Cc1cc(OC(=O)c2ccco2)cc2c1C(=O)/C(=C/c1ccc(Cl)cc1Cl)O2. The van der Waals surface area contributed by atoms with Crippen molar-refractivity contribution in [3.05, 3.63) is 87.0 Å². The summed E-state index contributed by atoms with van der Waals surface area (Å²) < 4.78 is 16.0. The first kappa shape index (κ1) is 18.3. The van der Waals surface area contributed by atoms with Gasteiger partial charge < -0.3 is 13.9 Å². The molecule has 28 heavy (non-hydrogen) atoms. The molecule has 3 aromatic rings. The number of fused-ring (bicyclic) bond motifs is 1.